The summed E-state index contributed by atoms with van der Waals surface area (Å²) < 4.78 is 12.7. The highest BCUT2D eigenvalue weighted by Crippen LogP contribution is 2.10. The molecule has 1 rings (SSSR count). The first kappa shape index (κ1) is 18.1. The molecule has 1 atom stereocenters. The van der Waals surface area contributed by atoms with E-state index in [1.165, 1.54) is 11.4 Å². The zero-order valence-electron chi connectivity index (χ0n) is 14.0. The van der Waals surface area contributed by atoms with E-state index >= 15 is 0 Å². The molecule has 0 amide bonds. The molecule has 0 saturated carbocycles. The lowest BCUT2D eigenvalue weighted by molar-refractivity contribution is 0.0658. The molecule has 0 aromatic carbocycles. The van der Waals surface area contributed by atoms with Gasteiger partial charge in [-0.25, -0.2) is 0 Å². The maximum Gasteiger partial charge on any atom is 0.0700 e. The number of hydrogen-bond donors (Lipinski definition) is 1. The first-order valence-corrected chi connectivity index (χ1v) is 8.10. The second-order valence-corrected chi connectivity index (χ2v) is 5.15. The van der Waals surface area contributed by atoms with E-state index in [0.29, 0.717) is 19.3 Å². The van der Waals surface area contributed by atoms with Gasteiger partial charge in [-0.3, -0.25) is 4.68 Å². The molecule has 0 spiro atoms. The third-order valence-corrected chi connectivity index (χ3v) is 3.57. The van der Waals surface area contributed by atoms with Crippen molar-refractivity contribution in [3.63, 3.8) is 0 Å². The summed E-state index contributed by atoms with van der Waals surface area (Å²) in [7, 11) is 1.70. The number of nitrogens with zero attached hydrogens (tertiary/aromatic N) is 2. The first-order valence-electron chi connectivity index (χ1n) is 8.10. The highest BCUT2D eigenvalue weighted by molar-refractivity contribution is 5.12. The van der Waals surface area contributed by atoms with Crippen LogP contribution in [0.3, 0.4) is 0 Å². The fourth-order valence-corrected chi connectivity index (χ4v) is 2.41. The minimum Gasteiger partial charge on any atom is -0.382 e. The Bertz CT molecular complexity index is 380. The molecule has 0 radical (unpaired) electrons. The number of aryl methyl sites for hydroxylation is 2. The molecule has 122 valence electrons. The molecule has 0 bridgehead atoms. The zero-order valence-corrected chi connectivity index (χ0v) is 14.0. The number of nitrogens with one attached hydrogen (secondary N) is 1. The highest BCUT2D eigenvalue weighted by Gasteiger charge is 2.13. The molecule has 0 fully saturated rings. The van der Waals surface area contributed by atoms with Crippen LogP contribution >= 0.6 is 0 Å². The van der Waals surface area contributed by atoms with Crippen molar-refractivity contribution in [2.75, 3.05) is 33.5 Å². The smallest absolute Gasteiger partial charge is 0.0700 e. The molecule has 5 nitrogen and oxygen atoms in total. The molecular weight excluding hydrogens is 266 g/mol. The summed E-state index contributed by atoms with van der Waals surface area (Å²) in [5, 5.41) is 8.17. The predicted molar refractivity (Wildman–Crippen MR) is 85.8 cm³/mol. The van der Waals surface area contributed by atoms with Gasteiger partial charge < -0.3 is 14.8 Å². The van der Waals surface area contributed by atoms with Gasteiger partial charge in [-0.2, -0.15) is 5.10 Å². The van der Waals surface area contributed by atoms with Crippen molar-refractivity contribution in [2.45, 2.75) is 52.6 Å². The SMILES string of the molecule is CCNC(CCOCCOC)Cc1cc(CC)nn1CC. The third-order valence-electron chi connectivity index (χ3n) is 3.57. The van der Waals surface area contributed by atoms with Crippen molar-refractivity contribution in [1.82, 2.24) is 15.1 Å². The van der Waals surface area contributed by atoms with E-state index in [4.69, 9.17) is 9.47 Å². The lowest BCUT2D eigenvalue weighted by Gasteiger charge is -2.18. The van der Waals surface area contributed by atoms with Gasteiger partial charge in [-0.05, 0) is 32.4 Å². The van der Waals surface area contributed by atoms with Crippen LogP contribution < -0.4 is 5.32 Å². The molecule has 21 heavy (non-hydrogen) atoms. The van der Waals surface area contributed by atoms with Gasteiger partial charge in [0.1, 0.15) is 0 Å². The number of hydrogen-bond acceptors (Lipinski definition) is 4. The first-order chi connectivity index (χ1) is 10.2. The molecule has 1 aromatic heterocycles. The summed E-state index contributed by atoms with van der Waals surface area (Å²) in [4.78, 5) is 0. The number of rotatable bonds is 12. The molecule has 1 aromatic rings. The molecule has 1 N–H and O–H groups in total. The van der Waals surface area contributed by atoms with Gasteiger partial charge in [-0.1, -0.05) is 13.8 Å². The number of methoxy groups -OCH3 is 1. The Balaban J connectivity index is 2.50. The van der Waals surface area contributed by atoms with Crippen LogP contribution in [0.4, 0.5) is 0 Å². The van der Waals surface area contributed by atoms with Crippen molar-refractivity contribution in [1.29, 1.82) is 0 Å². The van der Waals surface area contributed by atoms with Crippen LogP contribution in [0.15, 0.2) is 6.07 Å². The fraction of sp³-hybridized carbons (Fsp3) is 0.812. The topological polar surface area (TPSA) is 48.3 Å². The molecule has 1 heterocycles. The Hall–Kier alpha value is -0.910. The summed E-state index contributed by atoms with van der Waals surface area (Å²) in [5.74, 6) is 0. The highest BCUT2D eigenvalue weighted by atomic mass is 16.5. The Morgan fingerprint density at radius 3 is 2.67 bits per heavy atom. The van der Waals surface area contributed by atoms with Crippen LogP contribution in [0.5, 0.6) is 0 Å². The number of likely N-dealkylation sites (N-methyl/N-ethyl adjacent to an activating group) is 1. The molecule has 0 aliphatic carbocycles. The quantitative estimate of drug-likeness (QED) is 0.600. The summed E-state index contributed by atoms with van der Waals surface area (Å²) in [5.41, 5.74) is 2.50. The maximum absolute atomic E-state index is 5.58. The lowest BCUT2D eigenvalue weighted by Crippen LogP contribution is -2.33. The van der Waals surface area contributed by atoms with Crippen LogP contribution in [0.25, 0.3) is 0 Å². The van der Waals surface area contributed by atoms with Crippen LogP contribution in [0.2, 0.25) is 0 Å². The lowest BCUT2D eigenvalue weighted by atomic mass is 10.1. The summed E-state index contributed by atoms with van der Waals surface area (Å²) in [6.45, 7) is 10.4. The van der Waals surface area contributed by atoms with E-state index in [2.05, 4.69) is 41.9 Å². The number of ether oxygens (including phenoxy) is 2. The van der Waals surface area contributed by atoms with Gasteiger partial charge >= 0.3 is 0 Å². The molecular formula is C16H31N3O2. The van der Waals surface area contributed by atoms with E-state index < -0.39 is 0 Å². The normalized spacial score (nSPS) is 12.8. The standard InChI is InChI=1S/C16H31N3O2/c1-5-14-12-16(19(7-3)18-14)13-15(17-6-2)8-9-21-11-10-20-4/h12,15,17H,5-11,13H2,1-4H3. The fourth-order valence-electron chi connectivity index (χ4n) is 2.41. The Morgan fingerprint density at radius 2 is 2.05 bits per heavy atom. The summed E-state index contributed by atoms with van der Waals surface area (Å²) in [6.07, 6.45) is 3.00. The van der Waals surface area contributed by atoms with E-state index in [-0.39, 0.29) is 0 Å². The van der Waals surface area contributed by atoms with Crippen LogP contribution in [0, 0.1) is 0 Å². The predicted octanol–water partition coefficient (Wildman–Crippen LogP) is 2.04. The average molecular weight is 297 g/mol. The average Bonchev–Trinajstić information content (AvgIpc) is 2.89. The summed E-state index contributed by atoms with van der Waals surface area (Å²) in [6, 6.07) is 2.67. The third kappa shape index (κ3) is 6.59. The molecule has 0 aliphatic rings. The van der Waals surface area contributed by atoms with Gasteiger partial charge in [0, 0.05) is 38.4 Å². The van der Waals surface area contributed by atoms with Gasteiger partial charge in [-0.15, -0.1) is 0 Å². The van der Waals surface area contributed by atoms with Gasteiger partial charge in [0.15, 0.2) is 0 Å². The second-order valence-electron chi connectivity index (χ2n) is 5.15. The summed E-state index contributed by atoms with van der Waals surface area (Å²) >= 11 is 0. The van der Waals surface area contributed by atoms with Gasteiger partial charge in [0.05, 0.1) is 18.9 Å². The maximum atomic E-state index is 5.58. The number of aromatic nitrogens is 2. The Labute approximate surface area is 129 Å². The van der Waals surface area contributed by atoms with Gasteiger partial charge in [0.25, 0.3) is 0 Å². The molecule has 5 heteroatoms. The van der Waals surface area contributed by atoms with E-state index in [0.717, 1.165) is 39.0 Å². The van der Waals surface area contributed by atoms with Crippen molar-refractivity contribution >= 4 is 0 Å². The molecule has 0 saturated heterocycles. The van der Waals surface area contributed by atoms with E-state index in [1.54, 1.807) is 7.11 Å². The Morgan fingerprint density at radius 1 is 1.24 bits per heavy atom. The van der Waals surface area contributed by atoms with Crippen LogP contribution in [0.1, 0.15) is 38.6 Å². The van der Waals surface area contributed by atoms with Crippen molar-refractivity contribution in [3.05, 3.63) is 17.5 Å². The minimum atomic E-state index is 0.434. The second kappa shape index (κ2) is 10.8. The van der Waals surface area contributed by atoms with Crippen LogP contribution in [-0.4, -0.2) is 49.3 Å². The van der Waals surface area contributed by atoms with Crippen LogP contribution in [-0.2, 0) is 28.9 Å². The van der Waals surface area contributed by atoms with Crippen molar-refractivity contribution in [2.24, 2.45) is 0 Å². The zero-order chi connectivity index (χ0) is 15.5. The largest absolute Gasteiger partial charge is 0.382 e. The minimum absolute atomic E-state index is 0.434. The van der Waals surface area contributed by atoms with E-state index in [9.17, 15) is 0 Å². The van der Waals surface area contributed by atoms with Gasteiger partial charge in [0.2, 0.25) is 0 Å². The molecule has 1 unspecified atom stereocenters. The Kier molecular flexibility index (Phi) is 9.30. The van der Waals surface area contributed by atoms with Crippen molar-refractivity contribution in [3.8, 4) is 0 Å². The monoisotopic (exact) mass is 297 g/mol. The van der Waals surface area contributed by atoms with E-state index in [1.807, 2.05) is 0 Å². The molecule has 0 aliphatic heterocycles. The van der Waals surface area contributed by atoms with Crippen molar-refractivity contribution < 1.29 is 9.47 Å².